The smallest absolute Gasteiger partial charge is 0.0143 e. The fraction of sp³-hybridized carbons (Fsp3) is 1.00. The highest BCUT2D eigenvalue weighted by molar-refractivity contribution is 9.09. The van der Waals surface area contributed by atoms with Gasteiger partial charge in [-0.3, -0.25) is 0 Å². The van der Waals surface area contributed by atoms with Crippen molar-refractivity contribution in [1.82, 2.24) is 0 Å². The Labute approximate surface area is 79.9 Å². The van der Waals surface area contributed by atoms with E-state index in [-0.39, 0.29) is 0 Å². The van der Waals surface area contributed by atoms with E-state index in [9.17, 15) is 0 Å². The fourth-order valence-corrected chi connectivity index (χ4v) is 1.50. The Hall–Kier alpha value is 0.480. The molecular formula is C10H21Br. The van der Waals surface area contributed by atoms with Gasteiger partial charge in [-0.25, -0.2) is 0 Å². The Morgan fingerprint density at radius 1 is 1.00 bits per heavy atom. The maximum atomic E-state index is 3.65. The Morgan fingerprint density at radius 2 is 1.64 bits per heavy atom. The summed E-state index contributed by atoms with van der Waals surface area (Å²) < 4.78 is 0. The van der Waals surface area contributed by atoms with Crippen molar-refractivity contribution in [2.45, 2.75) is 63.6 Å². The summed E-state index contributed by atoms with van der Waals surface area (Å²) in [6, 6.07) is 0. The van der Waals surface area contributed by atoms with Crippen LogP contribution >= 0.6 is 15.9 Å². The molecule has 0 nitrogen and oxygen atoms in total. The number of alkyl halides is 1. The Balaban J connectivity index is 2.89. The van der Waals surface area contributed by atoms with Crippen LogP contribution in [0.25, 0.3) is 0 Å². The van der Waals surface area contributed by atoms with E-state index in [2.05, 4.69) is 29.8 Å². The van der Waals surface area contributed by atoms with E-state index in [0.717, 1.165) is 4.83 Å². The normalized spacial score (nSPS) is 13.4. The van der Waals surface area contributed by atoms with Gasteiger partial charge in [0.25, 0.3) is 0 Å². The van der Waals surface area contributed by atoms with E-state index in [1.165, 1.54) is 44.9 Å². The first-order chi connectivity index (χ1) is 5.31. The van der Waals surface area contributed by atoms with Gasteiger partial charge in [-0.1, -0.05) is 61.9 Å². The Bertz CT molecular complexity index is 71.3. The van der Waals surface area contributed by atoms with Crippen molar-refractivity contribution in [3.05, 3.63) is 0 Å². The highest BCUT2D eigenvalue weighted by atomic mass is 79.9. The first-order valence-corrected chi connectivity index (χ1v) is 5.86. The molecule has 1 heteroatoms. The van der Waals surface area contributed by atoms with Gasteiger partial charge < -0.3 is 0 Å². The zero-order valence-corrected chi connectivity index (χ0v) is 9.49. The van der Waals surface area contributed by atoms with Crippen LogP contribution in [0.15, 0.2) is 0 Å². The molecule has 68 valence electrons. The van der Waals surface area contributed by atoms with E-state index >= 15 is 0 Å². The van der Waals surface area contributed by atoms with Gasteiger partial charge in [0.2, 0.25) is 0 Å². The van der Waals surface area contributed by atoms with Gasteiger partial charge >= 0.3 is 0 Å². The summed E-state index contributed by atoms with van der Waals surface area (Å²) in [4.78, 5) is 0.768. The number of rotatable bonds is 7. The highest BCUT2D eigenvalue weighted by Crippen LogP contribution is 2.14. The van der Waals surface area contributed by atoms with Crippen molar-refractivity contribution in [3.8, 4) is 0 Å². The molecule has 0 saturated carbocycles. The molecule has 0 aromatic carbocycles. The first-order valence-electron chi connectivity index (χ1n) is 4.95. The maximum absolute atomic E-state index is 3.65. The van der Waals surface area contributed by atoms with Crippen molar-refractivity contribution in [2.24, 2.45) is 0 Å². The molecule has 0 saturated heterocycles. The lowest BCUT2D eigenvalue weighted by atomic mass is 10.1. The zero-order chi connectivity index (χ0) is 8.53. The van der Waals surface area contributed by atoms with E-state index in [4.69, 9.17) is 0 Å². The zero-order valence-electron chi connectivity index (χ0n) is 7.91. The third-order valence-corrected chi connectivity index (χ3v) is 3.17. The second kappa shape index (κ2) is 8.58. The number of hydrogen-bond acceptors (Lipinski definition) is 0. The second-order valence-corrected chi connectivity index (χ2v) is 4.50. The standard InChI is InChI=1S/C10H21Br/c1-3-5-6-7-8-9-10(11)4-2/h10H,3-9H2,1-2H3/t10-/m1/s1. The largest absolute Gasteiger partial charge is 0.0891 e. The molecule has 0 N–H and O–H groups in total. The minimum absolute atomic E-state index is 0.768. The van der Waals surface area contributed by atoms with Crippen molar-refractivity contribution in [1.29, 1.82) is 0 Å². The van der Waals surface area contributed by atoms with Crippen LogP contribution in [0.4, 0.5) is 0 Å². The molecule has 11 heavy (non-hydrogen) atoms. The Kier molecular flexibility index (Phi) is 8.95. The summed E-state index contributed by atoms with van der Waals surface area (Å²) in [5.41, 5.74) is 0. The van der Waals surface area contributed by atoms with Gasteiger partial charge in [-0.15, -0.1) is 0 Å². The lowest BCUT2D eigenvalue weighted by molar-refractivity contribution is 0.595. The SMILES string of the molecule is CCCCCCC[C@H](Br)CC. The van der Waals surface area contributed by atoms with Crippen LogP contribution in [0.2, 0.25) is 0 Å². The van der Waals surface area contributed by atoms with Crippen molar-refractivity contribution in [2.75, 3.05) is 0 Å². The molecule has 0 aromatic rings. The van der Waals surface area contributed by atoms with Crippen LogP contribution in [0, 0.1) is 0 Å². The second-order valence-electron chi connectivity index (χ2n) is 3.21. The van der Waals surface area contributed by atoms with E-state index < -0.39 is 0 Å². The maximum Gasteiger partial charge on any atom is 0.0143 e. The molecule has 0 aliphatic heterocycles. The predicted octanol–water partition coefficient (Wildman–Crippen LogP) is 4.52. The molecule has 0 heterocycles. The average molecular weight is 221 g/mol. The van der Waals surface area contributed by atoms with Crippen LogP contribution in [-0.4, -0.2) is 4.83 Å². The first kappa shape index (κ1) is 11.5. The van der Waals surface area contributed by atoms with Gasteiger partial charge in [0.1, 0.15) is 0 Å². The molecule has 0 radical (unpaired) electrons. The molecular weight excluding hydrogens is 200 g/mol. The monoisotopic (exact) mass is 220 g/mol. The summed E-state index contributed by atoms with van der Waals surface area (Å²) in [6.07, 6.45) is 9.66. The summed E-state index contributed by atoms with van der Waals surface area (Å²) >= 11 is 3.65. The summed E-state index contributed by atoms with van der Waals surface area (Å²) in [7, 11) is 0. The molecule has 0 aliphatic carbocycles. The van der Waals surface area contributed by atoms with Crippen LogP contribution in [0.5, 0.6) is 0 Å². The fourth-order valence-electron chi connectivity index (χ4n) is 1.17. The quantitative estimate of drug-likeness (QED) is 0.438. The van der Waals surface area contributed by atoms with E-state index in [0.29, 0.717) is 0 Å². The van der Waals surface area contributed by atoms with Gasteiger partial charge in [0.15, 0.2) is 0 Å². The molecule has 1 atom stereocenters. The lowest BCUT2D eigenvalue weighted by Crippen LogP contribution is -1.94. The highest BCUT2D eigenvalue weighted by Gasteiger charge is 1.98. The van der Waals surface area contributed by atoms with Crippen molar-refractivity contribution in [3.63, 3.8) is 0 Å². The van der Waals surface area contributed by atoms with Gasteiger partial charge in [0.05, 0.1) is 0 Å². The Morgan fingerprint density at radius 3 is 2.18 bits per heavy atom. The van der Waals surface area contributed by atoms with Crippen LogP contribution in [0.1, 0.15) is 58.8 Å². The van der Waals surface area contributed by atoms with Crippen molar-refractivity contribution >= 4 is 15.9 Å². The number of hydrogen-bond donors (Lipinski definition) is 0. The van der Waals surface area contributed by atoms with Crippen molar-refractivity contribution < 1.29 is 0 Å². The molecule has 0 unspecified atom stereocenters. The van der Waals surface area contributed by atoms with Crippen LogP contribution < -0.4 is 0 Å². The van der Waals surface area contributed by atoms with Gasteiger partial charge in [0, 0.05) is 4.83 Å². The molecule has 0 spiro atoms. The topological polar surface area (TPSA) is 0 Å². The molecule has 0 bridgehead atoms. The molecule has 0 amide bonds. The summed E-state index contributed by atoms with van der Waals surface area (Å²) in [6.45, 7) is 4.50. The van der Waals surface area contributed by atoms with E-state index in [1.54, 1.807) is 0 Å². The van der Waals surface area contributed by atoms with Crippen LogP contribution in [0.3, 0.4) is 0 Å². The summed E-state index contributed by atoms with van der Waals surface area (Å²) in [5.74, 6) is 0. The van der Waals surface area contributed by atoms with Gasteiger partial charge in [-0.05, 0) is 12.8 Å². The number of unbranched alkanes of at least 4 members (excludes halogenated alkanes) is 4. The lowest BCUT2D eigenvalue weighted by Gasteiger charge is -2.04. The third kappa shape index (κ3) is 8.39. The molecule has 0 rings (SSSR count). The molecule has 0 fully saturated rings. The minimum Gasteiger partial charge on any atom is -0.0891 e. The van der Waals surface area contributed by atoms with E-state index in [1.807, 2.05) is 0 Å². The average Bonchev–Trinajstić information content (AvgIpc) is 2.04. The third-order valence-electron chi connectivity index (χ3n) is 2.06. The predicted molar refractivity (Wildman–Crippen MR) is 56.4 cm³/mol. The number of halogens is 1. The molecule has 0 aromatic heterocycles. The summed E-state index contributed by atoms with van der Waals surface area (Å²) in [5, 5.41) is 0. The minimum atomic E-state index is 0.768. The molecule has 0 aliphatic rings. The van der Waals surface area contributed by atoms with Gasteiger partial charge in [-0.2, -0.15) is 0 Å². The van der Waals surface area contributed by atoms with Crippen LogP contribution in [-0.2, 0) is 0 Å².